The number of hydrogen-bond acceptors (Lipinski definition) is 4. The topological polar surface area (TPSA) is 85.8 Å². The van der Waals surface area contributed by atoms with Gasteiger partial charge in [-0.3, -0.25) is 4.79 Å². The van der Waals surface area contributed by atoms with Crippen molar-refractivity contribution in [3.63, 3.8) is 0 Å². The first-order valence-corrected chi connectivity index (χ1v) is 7.83. The zero-order chi connectivity index (χ0) is 18.0. The molecular weight excluding hydrogens is 345 g/mol. The summed E-state index contributed by atoms with van der Waals surface area (Å²) in [7, 11) is 0. The van der Waals surface area contributed by atoms with Gasteiger partial charge in [0.25, 0.3) is 5.91 Å². The van der Waals surface area contributed by atoms with E-state index in [0.29, 0.717) is 10.7 Å². The highest BCUT2D eigenvalue weighted by Crippen LogP contribution is 2.21. The number of anilines is 2. The van der Waals surface area contributed by atoms with Crippen LogP contribution in [0.5, 0.6) is 0 Å². The molecular formula is C17H15ClFN5O. The Morgan fingerprint density at radius 3 is 2.72 bits per heavy atom. The number of benzene rings is 2. The van der Waals surface area contributed by atoms with Gasteiger partial charge in [-0.25, -0.2) is 9.07 Å². The summed E-state index contributed by atoms with van der Waals surface area (Å²) in [5, 5.41) is 11.0. The molecule has 1 amide bonds. The number of carbonyl (C=O) groups is 1. The number of nitrogens with zero attached hydrogens (tertiary/aromatic N) is 3. The summed E-state index contributed by atoms with van der Waals surface area (Å²) in [5.41, 5.74) is 8.21. The quantitative estimate of drug-likeness (QED) is 0.748. The number of amides is 1. The molecule has 0 aliphatic carbocycles. The van der Waals surface area contributed by atoms with Crippen LogP contribution in [0.4, 0.5) is 15.9 Å². The Morgan fingerprint density at radius 1 is 1.28 bits per heavy atom. The van der Waals surface area contributed by atoms with Crippen molar-refractivity contribution < 1.29 is 9.18 Å². The first kappa shape index (κ1) is 16.9. The van der Waals surface area contributed by atoms with Crippen LogP contribution in [-0.2, 0) is 6.54 Å². The maximum atomic E-state index is 13.0. The fourth-order valence-electron chi connectivity index (χ4n) is 2.27. The lowest BCUT2D eigenvalue weighted by molar-refractivity contribution is 0.102. The number of halogens is 2. The Bertz CT molecular complexity index is 923. The largest absolute Gasteiger partial charge is 0.382 e. The Morgan fingerprint density at radius 2 is 2.00 bits per heavy atom. The molecule has 3 N–H and O–H groups in total. The normalized spacial score (nSPS) is 10.7. The maximum Gasteiger partial charge on any atom is 0.280 e. The SMILES string of the molecule is Cc1ccc(Cl)cc1NC(=O)c1nnn(Cc2ccc(F)cc2)c1N. The smallest absolute Gasteiger partial charge is 0.280 e. The van der Waals surface area contributed by atoms with Gasteiger partial charge in [0.1, 0.15) is 5.82 Å². The number of hydrogen-bond donors (Lipinski definition) is 2. The molecule has 0 spiro atoms. The van der Waals surface area contributed by atoms with Crippen molar-refractivity contribution in [2.45, 2.75) is 13.5 Å². The third kappa shape index (κ3) is 3.77. The van der Waals surface area contributed by atoms with Gasteiger partial charge in [0.15, 0.2) is 11.5 Å². The summed E-state index contributed by atoms with van der Waals surface area (Å²) in [6.07, 6.45) is 0. The molecule has 1 aromatic heterocycles. The first-order valence-electron chi connectivity index (χ1n) is 7.45. The lowest BCUT2D eigenvalue weighted by atomic mass is 10.2. The van der Waals surface area contributed by atoms with Crippen LogP contribution in [0.25, 0.3) is 0 Å². The van der Waals surface area contributed by atoms with E-state index in [4.69, 9.17) is 17.3 Å². The molecule has 128 valence electrons. The molecule has 0 saturated heterocycles. The first-order chi connectivity index (χ1) is 11.9. The highest BCUT2D eigenvalue weighted by Gasteiger charge is 2.18. The van der Waals surface area contributed by atoms with Crippen LogP contribution in [-0.4, -0.2) is 20.9 Å². The van der Waals surface area contributed by atoms with E-state index >= 15 is 0 Å². The zero-order valence-corrected chi connectivity index (χ0v) is 14.1. The van der Waals surface area contributed by atoms with Gasteiger partial charge in [0.2, 0.25) is 0 Å². The second kappa shape index (κ2) is 6.90. The molecule has 0 aliphatic heterocycles. The minimum absolute atomic E-state index is 0.0153. The molecule has 25 heavy (non-hydrogen) atoms. The zero-order valence-electron chi connectivity index (χ0n) is 13.3. The third-order valence-corrected chi connectivity index (χ3v) is 3.92. The van der Waals surface area contributed by atoms with Gasteiger partial charge >= 0.3 is 0 Å². The van der Waals surface area contributed by atoms with E-state index in [9.17, 15) is 9.18 Å². The van der Waals surface area contributed by atoms with Crippen LogP contribution in [0.15, 0.2) is 42.5 Å². The van der Waals surface area contributed by atoms with Crippen molar-refractivity contribution in [1.29, 1.82) is 0 Å². The van der Waals surface area contributed by atoms with Crippen LogP contribution < -0.4 is 11.1 Å². The monoisotopic (exact) mass is 359 g/mol. The molecule has 0 aliphatic rings. The van der Waals surface area contributed by atoms with E-state index in [-0.39, 0.29) is 23.9 Å². The van der Waals surface area contributed by atoms with E-state index in [2.05, 4.69) is 15.6 Å². The van der Waals surface area contributed by atoms with Gasteiger partial charge in [0, 0.05) is 10.7 Å². The molecule has 0 unspecified atom stereocenters. The van der Waals surface area contributed by atoms with Gasteiger partial charge in [-0.05, 0) is 42.3 Å². The van der Waals surface area contributed by atoms with E-state index in [0.717, 1.165) is 11.1 Å². The summed E-state index contributed by atoms with van der Waals surface area (Å²) in [6.45, 7) is 2.13. The van der Waals surface area contributed by atoms with E-state index < -0.39 is 5.91 Å². The number of carbonyl (C=O) groups excluding carboxylic acids is 1. The van der Waals surface area contributed by atoms with Gasteiger partial charge in [-0.2, -0.15) is 0 Å². The molecule has 0 bridgehead atoms. The predicted molar refractivity (Wildman–Crippen MR) is 94.1 cm³/mol. The Labute approximate surface area is 148 Å². The van der Waals surface area contributed by atoms with Gasteiger partial charge < -0.3 is 11.1 Å². The minimum atomic E-state index is -0.478. The van der Waals surface area contributed by atoms with Crippen LogP contribution in [0, 0.1) is 12.7 Å². The molecule has 0 fully saturated rings. The Hall–Kier alpha value is -2.93. The number of aromatic nitrogens is 3. The summed E-state index contributed by atoms with van der Waals surface area (Å²) < 4.78 is 14.3. The third-order valence-electron chi connectivity index (χ3n) is 3.68. The summed E-state index contributed by atoms with van der Waals surface area (Å²) >= 11 is 5.95. The van der Waals surface area contributed by atoms with Gasteiger partial charge in [-0.1, -0.05) is 35.0 Å². The van der Waals surface area contributed by atoms with Crippen LogP contribution >= 0.6 is 11.6 Å². The number of nitrogens with two attached hydrogens (primary N) is 1. The van der Waals surface area contributed by atoms with Crippen molar-refractivity contribution in [3.05, 3.63) is 70.1 Å². The highest BCUT2D eigenvalue weighted by molar-refractivity contribution is 6.31. The molecule has 2 aromatic carbocycles. The van der Waals surface area contributed by atoms with Crippen molar-refractivity contribution in [1.82, 2.24) is 15.0 Å². The summed E-state index contributed by atoms with van der Waals surface area (Å²) in [6, 6.07) is 11.1. The summed E-state index contributed by atoms with van der Waals surface area (Å²) in [4.78, 5) is 12.4. The molecule has 3 aromatic rings. The Balaban J connectivity index is 1.79. The van der Waals surface area contributed by atoms with E-state index in [1.807, 2.05) is 6.92 Å². The average molecular weight is 360 g/mol. The van der Waals surface area contributed by atoms with Crippen LogP contribution in [0.3, 0.4) is 0 Å². The molecule has 8 heteroatoms. The lowest BCUT2D eigenvalue weighted by Crippen LogP contribution is -2.16. The number of rotatable bonds is 4. The molecule has 6 nitrogen and oxygen atoms in total. The van der Waals surface area contributed by atoms with Crippen molar-refractivity contribution >= 4 is 29.0 Å². The second-order valence-corrected chi connectivity index (χ2v) is 5.96. The fraction of sp³-hybridized carbons (Fsp3) is 0.118. The van der Waals surface area contributed by atoms with Gasteiger partial charge in [0.05, 0.1) is 6.54 Å². The van der Waals surface area contributed by atoms with Crippen molar-refractivity contribution in [3.8, 4) is 0 Å². The minimum Gasteiger partial charge on any atom is -0.382 e. The van der Waals surface area contributed by atoms with Crippen molar-refractivity contribution in [2.75, 3.05) is 11.1 Å². The number of aryl methyl sites for hydroxylation is 1. The molecule has 0 atom stereocenters. The summed E-state index contributed by atoms with van der Waals surface area (Å²) in [5.74, 6) is -0.679. The lowest BCUT2D eigenvalue weighted by Gasteiger charge is -2.08. The molecule has 0 saturated carbocycles. The number of nitrogen functional groups attached to an aromatic ring is 1. The van der Waals surface area contributed by atoms with Crippen LogP contribution in [0.1, 0.15) is 21.6 Å². The standard InChI is InChI=1S/C17H15ClFN5O/c1-10-2-5-12(18)8-14(10)21-17(25)15-16(20)24(23-22-15)9-11-3-6-13(19)7-4-11/h2-8H,9,20H2,1H3,(H,21,25). The highest BCUT2D eigenvalue weighted by atomic mass is 35.5. The second-order valence-electron chi connectivity index (χ2n) is 5.52. The van der Waals surface area contributed by atoms with E-state index in [1.165, 1.54) is 16.8 Å². The van der Waals surface area contributed by atoms with E-state index in [1.54, 1.807) is 30.3 Å². The predicted octanol–water partition coefficient (Wildman–Crippen LogP) is 3.26. The Kier molecular flexibility index (Phi) is 4.67. The van der Waals surface area contributed by atoms with Crippen molar-refractivity contribution in [2.24, 2.45) is 0 Å². The fourth-order valence-corrected chi connectivity index (χ4v) is 2.44. The van der Waals surface area contributed by atoms with Gasteiger partial charge in [-0.15, -0.1) is 5.10 Å². The number of nitrogens with one attached hydrogen (secondary N) is 1. The maximum absolute atomic E-state index is 13.0. The van der Waals surface area contributed by atoms with Crippen LogP contribution in [0.2, 0.25) is 5.02 Å². The molecule has 3 rings (SSSR count). The average Bonchev–Trinajstić information content (AvgIpc) is 2.94. The molecule has 0 radical (unpaired) electrons. The molecule has 1 heterocycles.